The molecule has 0 aromatic rings. The van der Waals surface area contributed by atoms with E-state index in [-0.39, 0.29) is 11.2 Å². The van der Waals surface area contributed by atoms with Crippen LogP contribution in [-0.2, 0) is 20.2 Å². The third kappa shape index (κ3) is 3.09. The van der Waals surface area contributed by atoms with E-state index in [2.05, 4.69) is 0 Å². The molecule has 0 radical (unpaired) electrons. The van der Waals surface area contributed by atoms with Crippen molar-refractivity contribution < 1.29 is 30.7 Å². The van der Waals surface area contributed by atoms with Gasteiger partial charge in [0.15, 0.2) is 10.4 Å². The Hall–Kier alpha value is -1.23. The van der Waals surface area contributed by atoms with Gasteiger partial charge in [-0.3, -0.25) is 9.11 Å². The summed E-state index contributed by atoms with van der Waals surface area (Å²) in [6.45, 7) is 5.70. The largest absolute Gasteiger partial charge is 0.623 e. The summed E-state index contributed by atoms with van der Waals surface area (Å²) in [4.78, 5) is -0.848. The predicted molar refractivity (Wildman–Crippen MR) is 81.7 cm³/mol. The lowest BCUT2D eigenvalue weighted by Crippen LogP contribution is -2.53. The second-order valence-electron chi connectivity index (χ2n) is 5.90. The summed E-state index contributed by atoms with van der Waals surface area (Å²) in [6, 6.07) is 0. The minimum absolute atomic E-state index is 0.188. The van der Waals surface area contributed by atoms with E-state index in [0.29, 0.717) is 0 Å². The van der Waals surface area contributed by atoms with Crippen molar-refractivity contribution in [3.05, 3.63) is 28.3 Å². The van der Waals surface area contributed by atoms with Gasteiger partial charge >= 0.3 is 10.1 Å². The highest BCUT2D eigenvalue weighted by atomic mass is 32.2. The topological polar surface area (TPSA) is 135 Å². The maximum absolute atomic E-state index is 12.6. The van der Waals surface area contributed by atoms with Gasteiger partial charge in [-0.25, -0.2) is 4.74 Å². The monoisotopic (exact) mass is 353 g/mol. The summed E-state index contributed by atoms with van der Waals surface area (Å²) in [6.07, 6.45) is 2.73. The van der Waals surface area contributed by atoms with E-state index in [1.165, 1.54) is 27.7 Å². The first-order valence-corrected chi connectivity index (χ1v) is 9.25. The zero-order valence-corrected chi connectivity index (χ0v) is 14.3. The molecule has 0 saturated heterocycles. The lowest BCUT2D eigenvalue weighted by molar-refractivity contribution is -0.536. The standard InChI is InChI=1S/C12H19NO7S2/c1-5-12(22(18,19)20)8-6-7-9(21(15,16)17)10(12)13(14)11(2,3)4/h6-8H,5H2,1-4H3,(H,15,16,17)(H,18,19,20). The average molecular weight is 353 g/mol. The van der Waals surface area contributed by atoms with Crippen LogP contribution in [0.4, 0.5) is 0 Å². The van der Waals surface area contributed by atoms with Crippen LogP contribution in [-0.4, -0.2) is 46.7 Å². The number of allylic oxidation sites excluding steroid dienone is 3. The van der Waals surface area contributed by atoms with Crippen molar-refractivity contribution >= 4 is 25.9 Å². The van der Waals surface area contributed by atoms with Crippen LogP contribution in [0.25, 0.3) is 0 Å². The first kappa shape index (κ1) is 18.8. The highest BCUT2D eigenvalue weighted by molar-refractivity contribution is 7.92. The SMILES string of the molecule is CCC1(S(=O)(=O)O)C=CC=C(S(=O)(=O)O)C1=[N+]([O-])C(C)(C)C. The zero-order valence-electron chi connectivity index (χ0n) is 12.6. The van der Waals surface area contributed by atoms with Gasteiger partial charge in [-0.15, -0.1) is 0 Å². The molecular formula is C12H19NO7S2. The molecule has 126 valence electrons. The van der Waals surface area contributed by atoms with Gasteiger partial charge in [0.2, 0.25) is 10.5 Å². The van der Waals surface area contributed by atoms with Gasteiger partial charge in [-0.2, -0.15) is 16.8 Å². The molecule has 22 heavy (non-hydrogen) atoms. The quantitative estimate of drug-likeness (QED) is 0.336. The van der Waals surface area contributed by atoms with Gasteiger partial charge in [-0.1, -0.05) is 19.1 Å². The summed E-state index contributed by atoms with van der Waals surface area (Å²) < 4.78 is 63.7. The Labute approximate surface area is 129 Å². The maximum Gasteiger partial charge on any atom is 0.300 e. The fourth-order valence-electron chi connectivity index (χ4n) is 2.15. The predicted octanol–water partition coefficient (Wildman–Crippen LogP) is 1.11. The van der Waals surface area contributed by atoms with Crippen molar-refractivity contribution in [1.82, 2.24) is 0 Å². The second-order valence-corrected chi connectivity index (χ2v) is 8.97. The van der Waals surface area contributed by atoms with E-state index in [4.69, 9.17) is 0 Å². The van der Waals surface area contributed by atoms with Gasteiger partial charge in [0.05, 0.1) is 0 Å². The number of hydrogen-bond acceptors (Lipinski definition) is 5. The van der Waals surface area contributed by atoms with Crippen molar-refractivity contribution in [2.24, 2.45) is 0 Å². The Morgan fingerprint density at radius 2 is 1.73 bits per heavy atom. The van der Waals surface area contributed by atoms with Crippen molar-refractivity contribution in [1.29, 1.82) is 0 Å². The van der Waals surface area contributed by atoms with Crippen LogP contribution in [0.3, 0.4) is 0 Å². The van der Waals surface area contributed by atoms with Gasteiger partial charge in [-0.05, 0) is 12.5 Å². The Morgan fingerprint density at radius 3 is 2.05 bits per heavy atom. The summed E-state index contributed by atoms with van der Waals surface area (Å²) >= 11 is 0. The summed E-state index contributed by atoms with van der Waals surface area (Å²) in [5.74, 6) is 0. The molecule has 0 fully saturated rings. The molecule has 0 bridgehead atoms. The average Bonchev–Trinajstić information content (AvgIpc) is 2.33. The molecule has 10 heteroatoms. The van der Waals surface area contributed by atoms with Gasteiger partial charge in [0.25, 0.3) is 10.1 Å². The van der Waals surface area contributed by atoms with Gasteiger partial charge in [0.1, 0.15) is 0 Å². The smallest absolute Gasteiger partial charge is 0.300 e. The number of rotatable bonds is 3. The van der Waals surface area contributed by atoms with Crippen LogP contribution in [0.2, 0.25) is 0 Å². The maximum atomic E-state index is 12.6. The van der Waals surface area contributed by atoms with Crippen LogP contribution < -0.4 is 0 Å². The summed E-state index contributed by atoms with van der Waals surface area (Å²) in [5, 5.41) is 12.6. The van der Waals surface area contributed by atoms with Gasteiger partial charge < -0.3 is 5.21 Å². The van der Waals surface area contributed by atoms with Crippen molar-refractivity contribution in [2.75, 3.05) is 0 Å². The van der Waals surface area contributed by atoms with Crippen LogP contribution in [0.15, 0.2) is 23.1 Å². The zero-order chi connectivity index (χ0) is 17.6. The molecule has 0 aromatic heterocycles. The number of hydroxylamine groups is 1. The molecule has 1 aliphatic carbocycles. The molecule has 1 atom stereocenters. The highest BCUT2D eigenvalue weighted by Gasteiger charge is 2.55. The van der Waals surface area contributed by atoms with Gasteiger partial charge in [0, 0.05) is 20.8 Å². The van der Waals surface area contributed by atoms with Crippen LogP contribution >= 0.6 is 0 Å². The molecule has 8 nitrogen and oxygen atoms in total. The molecular weight excluding hydrogens is 334 g/mol. The van der Waals surface area contributed by atoms with E-state index < -0.39 is 41.1 Å². The normalized spacial score (nSPS) is 25.8. The third-order valence-corrected chi connectivity index (χ3v) is 5.75. The Bertz CT molecular complexity index is 767. The van der Waals surface area contributed by atoms with Crippen molar-refractivity contribution in [2.45, 2.75) is 44.4 Å². The molecule has 0 spiro atoms. The Balaban J connectivity index is 4.00. The minimum Gasteiger partial charge on any atom is -0.623 e. The molecule has 1 aliphatic rings. The Kier molecular flexibility index (Phi) is 4.66. The first-order valence-electron chi connectivity index (χ1n) is 6.37. The summed E-state index contributed by atoms with van der Waals surface area (Å²) in [7, 11) is -9.73. The lowest BCUT2D eigenvalue weighted by Gasteiger charge is -2.32. The highest BCUT2D eigenvalue weighted by Crippen LogP contribution is 2.34. The molecule has 0 aromatic carbocycles. The number of hydrogen-bond donors (Lipinski definition) is 2. The minimum atomic E-state index is -4.87. The molecule has 0 saturated carbocycles. The molecule has 0 heterocycles. The molecule has 2 N–H and O–H groups in total. The molecule has 1 rings (SSSR count). The summed E-state index contributed by atoms with van der Waals surface area (Å²) in [5.41, 5.74) is -1.93. The fourth-order valence-corrected chi connectivity index (χ4v) is 4.03. The molecule has 0 amide bonds. The van der Waals surface area contributed by atoms with E-state index in [1.54, 1.807) is 0 Å². The van der Waals surface area contributed by atoms with E-state index >= 15 is 0 Å². The van der Waals surface area contributed by atoms with E-state index in [9.17, 15) is 31.1 Å². The molecule has 0 aliphatic heterocycles. The second kappa shape index (κ2) is 5.44. The van der Waals surface area contributed by atoms with E-state index in [1.807, 2.05) is 0 Å². The molecule has 1 unspecified atom stereocenters. The fraction of sp³-hybridized carbons (Fsp3) is 0.583. The lowest BCUT2D eigenvalue weighted by atomic mass is 9.93. The van der Waals surface area contributed by atoms with Crippen LogP contribution in [0.5, 0.6) is 0 Å². The van der Waals surface area contributed by atoms with Crippen LogP contribution in [0, 0.1) is 5.21 Å². The van der Waals surface area contributed by atoms with E-state index in [0.717, 1.165) is 18.2 Å². The number of nitrogens with zero attached hydrogens (tertiary/aromatic N) is 1. The first-order chi connectivity index (χ1) is 9.68. The van der Waals surface area contributed by atoms with Crippen molar-refractivity contribution in [3.63, 3.8) is 0 Å². The Morgan fingerprint density at radius 1 is 1.23 bits per heavy atom. The van der Waals surface area contributed by atoms with Crippen LogP contribution in [0.1, 0.15) is 34.1 Å². The van der Waals surface area contributed by atoms with Crippen molar-refractivity contribution in [3.8, 4) is 0 Å². The third-order valence-electron chi connectivity index (χ3n) is 3.32.